The van der Waals surface area contributed by atoms with Crippen molar-refractivity contribution in [3.63, 3.8) is 0 Å². The second-order valence-electron chi connectivity index (χ2n) is 3.88. The highest BCUT2D eigenvalue weighted by molar-refractivity contribution is 5.97. The van der Waals surface area contributed by atoms with E-state index in [1.165, 1.54) is 11.0 Å². The fourth-order valence-electron chi connectivity index (χ4n) is 1.51. The molecule has 2 heterocycles. The lowest BCUT2D eigenvalue weighted by molar-refractivity contribution is -0.385. The van der Waals surface area contributed by atoms with Gasteiger partial charge in [-0.2, -0.15) is 0 Å². The molecule has 0 saturated heterocycles. The summed E-state index contributed by atoms with van der Waals surface area (Å²) in [5.41, 5.74) is -0.0882. The van der Waals surface area contributed by atoms with E-state index < -0.39 is 4.92 Å². The third kappa shape index (κ3) is 1.91. The lowest BCUT2D eigenvalue weighted by Gasteiger charge is -2.20. The van der Waals surface area contributed by atoms with Gasteiger partial charge in [-0.1, -0.05) is 0 Å². The molecule has 7 heteroatoms. The first kappa shape index (κ1) is 11.3. The fourth-order valence-corrected chi connectivity index (χ4v) is 1.51. The van der Waals surface area contributed by atoms with Gasteiger partial charge < -0.3 is 9.64 Å². The fraction of sp³-hybridized carbons (Fsp3) is 0.400. The van der Waals surface area contributed by atoms with Crippen LogP contribution in [0.4, 0.5) is 5.69 Å². The minimum atomic E-state index is -0.588. The summed E-state index contributed by atoms with van der Waals surface area (Å²) in [6.07, 6.45) is 1.09. The monoisotopic (exact) mass is 237 g/mol. The number of nitro groups is 1. The standard InChI is InChI=1S/C10H11N3O4/c1-6-5-17-9-8(10(14)12(6)2)3-7(4-11-9)13(15)16/h3-4,6H,5H2,1-2H3/t6-/m1/s1. The molecule has 1 amide bonds. The first-order valence-corrected chi connectivity index (χ1v) is 5.05. The molecular weight excluding hydrogens is 226 g/mol. The number of likely N-dealkylation sites (N-methyl/N-ethyl adjacent to an activating group) is 1. The zero-order chi connectivity index (χ0) is 12.6. The van der Waals surface area contributed by atoms with Gasteiger partial charge in [0.25, 0.3) is 11.6 Å². The zero-order valence-corrected chi connectivity index (χ0v) is 9.41. The van der Waals surface area contributed by atoms with Crippen molar-refractivity contribution in [3.05, 3.63) is 27.9 Å². The Labute approximate surface area is 97.2 Å². The van der Waals surface area contributed by atoms with Crippen LogP contribution < -0.4 is 4.74 Å². The van der Waals surface area contributed by atoms with Gasteiger partial charge in [-0.05, 0) is 6.92 Å². The van der Waals surface area contributed by atoms with E-state index in [9.17, 15) is 14.9 Å². The van der Waals surface area contributed by atoms with Crippen molar-refractivity contribution in [2.24, 2.45) is 0 Å². The largest absolute Gasteiger partial charge is 0.475 e. The summed E-state index contributed by atoms with van der Waals surface area (Å²) in [5.74, 6) is -0.169. The van der Waals surface area contributed by atoms with E-state index in [4.69, 9.17) is 4.74 Å². The predicted molar refractivity (Wildman–Crippen MR) is 57.9 cm³/mol. The Balaban J connectivity index is 2.50. The summed E-state index contributed by atoms with van der Waals surface area (Å²) in [7, 11) is 1.63. The van der Waals surface area contributed by atoms with Crippen LogP contribution in [0.25, 0.3) is 0 Å². The van der Waals surface area contributed by atoms with Crippen molar-refractivity contribution in [1.82, 2.24) is 9.88 Å². The van der Waals surface area contributed by atoms with Gasteiger partial charge in [-0.15, -0.1) is 0 Å². The highest BCUT2D eigenvalue weighted by Gasteiger charge is 2.28. The maximum atomic E-state index is 12.0. The Bertz CT molecular complexity index is 488. The van der Waals surface area contributed by atoms with Crippen LogP contribution in [0.1, 0.15) is 17.3 Å². The molecule has 1 aromatic rings. The Kier molecular flexibility index (Phi) is 2.66. The average molecular weight is 237 g/mol. The number of rotatable bonds is 1. The van der Waals surface area contributed by atoms with E-state index in [0.717, 1.165) is 6.20 Å². The molecule has 0 aromatic carbocycles. The van der Waals surface area contributed by atoms with Gasteiger partial charge in [0, 0.05) is 13.1 Å². The number of nitrogens with zero attached hydrogens (tertiary/aromatic N) is 3. The maximum Gasteiger partial charge on any atom is 0.288 e. The normalized spacial score (nSPS) is 19.3. The second-order valence-corrected chi connectivity index (χ2v) is 3.88. The molecule has 0 aliphatic carbocycles. The van der Waals surface area contributed by atoms with Crippen molar-refractivity contribution >= 4 is 11.6 Å². The Morgan fingerprint density at radius 3 is 3.00 bits per heavy atom. The second kappa shape index (κ2) is 4.00. The first-order valence-electron chi connectivity index (χ1n) is 5.05. The number of aromatic nitrogens is 1. The molecule has 0 unspecified atom stereocenters. The summed E-state index contributed by atoms with van der Waals surface area (Å²) >= 11 is 0. The Hall–Kier alpha value is -2.18. The van der Waals surface area contributed by atoms with Gasteiger partial charge in [0.05, 0.1) is 11.0 Å². The lowest BCUT2D eigenvalue weighted by atomic mass is 10.2. The third-order valence-electron chi connectivity index (χ3n) is 2.72. The van der Waals surface area contributed by atoms with Crippen LogP contribution in [-0.2, 0) is 0 Å². The number of carbonyl (C=O) groups excluding carboxylic acids is 1. The average Bonchev–Trinajstić information content (AvgIpc) is 2.42. The Morgan fingerprint density at radius 2 is 2.35 bits per heavy atom. The highest BCUT2D eigenvalue weighted by Crippen LogP contribution is 2.25. The van der Waals surface area contributed by atoms with E-state index >= 15 is 0 Å². The minimum Gasteiger partial charge on any atom is -0.475 e. The molecule has 0 bridgehead atoms. The molecule has 90 valence electrons. The van der Waals surface area contributed by atoms with E-state index in [1.807, 2.05) is 6.92 Å². The molecule has 1 atom stereocenters. The highest BCUT2D eigenvalue weighted by atomic mass is 16.6. The van der Waals surface area contributed by atoms with Crippen LogP contribution in [0.3, 0.4) is 0 Å². The number of amides is 1. The van der Waals surface area contributed by atoms with Crippen molar-refractivity contribution in [3.8, 4) is 5.88 Å². The number of ether oxygens (including phenoxy) is 1. The maximum absolute atomic E-state index is 12.0. The number of fused-ring (bicyclic) bond motifs is 1. The molecule has 1 aromatic heterocycles. The van der Waals surface area contributed by atoms with Gasteiger partial charge in [0.1, 0.15) is 18.4 Å². The summed E-state index contributed by atoms with van der Waals surface area (Å²) in [5, 5.41) is 10.6. The van der Waals surface area contributed by atoms with Crippen LogP contribution in [0.2, 0.25) is 0 Å². The van der Waals surface area contributed by atoms with Crippen molar-refractivity contribution in [2.45, 2.75) is 13.0 Å². The molecule has 0 fully saturated rings. The molecule has 0 saturated carbocycles. The smallest absolute Gasteiger partial charge is 0.288 e. The van der Waals surface area contributed by atoms with Crippen molar-refractivity contribution < 1.29 is 14.5 Å². The van der Waals surface area contributed by atoms with Crippen LogP contribution in [0.15, 0.2) is 12.3 Å². The topological polar surface area (TPSA) is 85.6 Å². The summed E-state index contributed by atoms with van der Waals surface area (Å²) < 4.78 is 5.34. The van der Waals surface area contributed by atoms with Gasteiger partial charge in [0.15, 0.2) is 0 Å². The molecule has 1 aliphatic heterocycles. The lowest BCUT2D eigenvalue weighted by Crippen LogP contribution is -2.36. The zero-order valence-electron chi connectivity index (χ0n) is 9.41. The quantitative estimate of drug-likeness (QED) is 0.533. The van der Waals surface area contributed by atoms with Gasteiger partial charge in [-0.25, -0.2) is 4.98 Å². The van der Waals surface area contributed by atoms with Crippen LogP contribution in [0.5, 0.6) is 5.88 Å². The van der Waals surface area contributed by atoms with Crippen LogP contribution in [-0.4, -0.2) is 40.4 Å². The molecular formula is C10H11N3O4. The van der Waals surface area contributed by atoms with E-state index in [2.05, 4.69) is 4.98 Å². The summed E-state index contributed by atoms with van der Waals surface area (Å²) in [6, 6.07) is 1.09. The van der Waals surface area contributed by atoms with E-state index in [1.54, 1.807) is 7.05 Å². The van der Waals surface area contributed by atoms with Crippen LogP contribution in [0, 0.1) is 10.1 Å². The third-order valence-corrected chi connectivity index (χ3v) is 2.72. The number of hydrogen-bond acceptors (Lipinski definition) is 5. The molecule has 1 aliphatic rings. The van der Waals surface area contributed by atoms with E-state index in [0.29, 0.717) is 6.61 Å². The minimum absolute atomic E-state index is 0.101. The predicted octanol–water partition coefficient (Wildman–Crippen LogP) is 0.843. The van der Waals surface area contributed by atoms with Crippen molar-refractivity contribution in [2.75, 3.05) is 13.7 Å². The van der Waals surface area contributed by atoms with Gasteiger partial charge in [0.2, 0.25) is 5.88 Å². The van der Waals surface area contributed by atoms with Crippen molar-refractivity contribution in [1.29, 1.82) is 0 Å². The first-order chi connectivity index (χ1) is 8.00. The van der Waals surface area contributed by atoms with Gasteiger partial charge >= 0.3 is 0 Å². The summed E-state index contributed by atoms with van der Waals surface area (Å²) in [4.78, 5) is 27.3. The van der Waals surface area contributed by atoms with E-state index in [-0.39, 0.29) is 29.1 Å². The van der Waals surface area contributed by atoms with Gasteiger partial charge in [-0.3, -0.25) is 14.9 Å². The molecule has 2 rings (SSSR count). The number of pyridine rings is 1. The SMILES string of the molecule is C[C@@H]1COc2ncc([N+](=O)[O-])cc2C(=O)N1C. The molecule has 0 spiro atoms. The van der Waals surface area contributed by atoms with Crippen LogP contribution >= 0.6 is 0 Å². The summed E-state index contributed by atoms with van der Waals surface area (Å²) in [6.45, 7) is 2.15. The Morgan fingerprint density at radius 1 is 1.65 bits per heavy atom. The molecule has 7 nitrogen and oxygen atoms in total. The molecule has 0 radical (unpaired) electrons. The molecule has 0 N–H and O–H groups in total. The number of hydrogen-bond donors (Lipinski definition) is 0. The molecule has 17 heavy (non-hydrogen) atoms. The number of carbonyl (C=O) groups is 1.